The summed E-state index contributed by atoms with van der Waals surface area (Å²) >= 11 is 1.90. The third-order valence-corrected chi connectivity index (χ3v) is 3.97. The Hall–Kier alpha value is -1.36. The SMILES string of the molecule is CSCCCCCCNc1cc(N)ccc1C(=O)N(C)C. The molecule has 1 aromatic carbocycles. The van der Waals surface area contributed by atoms with Crippen LogP contribution in [0.2, 0.25) is 0 Å². The monoisotopic (exact) mass is 309 g/mol. The number of nitrogens with one attached hydrogen (secondary N) is 1. The molecule has 1 aromatic rings. The minimum atomic E-state index is -0.00234. The number of rotatable bonds is 9. The highest BCUT2D eigenvalue weighted by atomic mass is 32.2. The normalized spacial score (nSPS) is 10.4. The first-order valence-electron chi connectivity index (χ1n) is 7.40. The van der Waals surface area contributed by atoms with Crippen LogP contribution in [-0.4, -0.2) is 43.5 Å². The number of nitrogen functional groups attached to an aromatic ring is 1. The average Bonchev–Trinajstić information content (AvgIpc) is 2.45. The molecule has 21 heavy (non-hydrogen) atoms. The van der Waals surface area contributed by atoms with E-state index in [0.717, 1.165) is 18.7 Å². The smallest absolute Gasteiger partial charge is 0.255 e. The van der Waals surface area contributed by atoms with Crippen LogP contribution in [0, 0.1) is 0 Å². The summed E-state index contributed by atoms with van der Waals surface area (Å²) in [6, 6.07) is 5.40. The van der Waals surface area contributed by atoms with Gasteiger partial charge in [0.15, 0.2) is 0 Å². The fourth-order valence-corrected chi connectivity index (χ4v) is 2.58. The van der Waals surface area contributed by atoms with E-state index in [-0.39, 0.29) is 5.91 Å². The summed E-state index contributed by atoms with van der Waals surface area (Å²) in [5.41, 5.74) is 8.00. The van der Waals surface area contributed by atoms with Gasteiger partial charge in [-0.2, -0.15) is 11.8 Å². The summed E-state index contributed by atoms with van der Waals surface area (Å²) < 4.78 is 0. The zero-order valence-corrected chi connectivity index (χ0v) is 14.1. The maximum atomic E-state index is 12.1. The van der Waals surface area contributed by atoms with Crippen LogP contribution in [-0.2, 0) is 0 Å². The maximum absolute atomic E-state index is 12.1. The fourth-order valence-electron chi connectivity index (χ4n) is 2.08. The van der Waals surface area contributed by atoms with Crippen molar-refractivity contribution >= 4 is 29.0 Å². The molecule has 0 bridgehead atoms. The van der Waals surface area contributed by atoms with E-state index in [2.05, 4.69) is 11.6 Å². The number of amides is 1. The van der Waals surface area contributed by atoms with Crippen LogP contribution in [0.25, 0.3) is 0 Å². The van der Waals surface area contributed by atoms with Crippen molar-refractivity contribution in [2.75, 3.05) is 43.7 Å². The second-order valence-corrected chi connectivity index (χ2v) is 6.32. The van der Waals surface area contributed by atoms with E-state index < -0.39 is 0 Å². The van der Waals surface area contributed by atoms with E-state index in [9.17, 15) is 4.79 Å². The van der Waals surface area contributed by atoms with Crippen molar-refractivity contribution in [2.45, 2.75) is 25.7 Å². The predicted molar refractivity (Wildman–Crippen MR) is 94.2 cm³/mol. The highest BCUT2D eigenvalue weighted by Gasteiger charge is 2.13. The van der Waals surface area contributed by atoms with Gasteiger partial charge in [-0.05, 0) is 43.0 Å². The Morgan fingerprint density at radius 2 is 1.95 bits per heavy atom. The number of benzene rings is 1. The molecule has 3 N–H and O–H groups in total. The Kier molecular flexibility index (Phi) is 8.05. The molecule has 0 radical (unpaired) electrons. The van der Waals surface area contributed by atoms with Gasteiger partial charge in [0.2, 0.25) is 0 Å². The molecule has 0 aliphatic carbocycles. The molecule has 0 fully saturated rings. The molecule has 0 aromatic heterocycles. The average molecular weight is 309 g/mol. The van der Waals surface area contributed by atoms with Gasteiger partial charge in [0.25, 0.3) is 5.91 Å². The van der Waals surface area contributed by atoms with E-state index in [1.807, 2.05) is 17.8 Å². The van der Waals surface area contributed by atoms with E-state index >= 15 is 0 Å². The second kappa shape index (κ2) is 9.55. The first-order chi connectivity index (χ1) is 10.1. The number of hydrogen-bond acceptors (Lipinski definition) is 4. The Labute approximate surface area is 132 Å². The molecule has 0 spiro atoms. The molecule has 5 heteroatoms. The van der Waals surface area contributed by atoms with Crippen molar-refractivity contribution in [1.29, 1.82) is 0 Å². The lowest BCUT2D eigenvalue weighted by atomic mass is 10.1. The van der Waals surface area contributed by atoms with Gasteiger partial charge in [0, 0.05) is 32.0 Å². The van der Waals surface area contributed by atoms with Crippen molar-refractivity contribution < 1.29 is 4.79 Å². The molecule has 4 nitrogen and oxygen atoms in total. The van der Waals surface area contributed by atoms with Gasteiger partial charge in [-0.25, -0.2) is 0 Å². The lowest BCUT2D eigenvalue weighted by Gasteiger charge is -2.16. The number of anilines is 2. The summed E-state index contributed by atoms with van der Waals surface area (Å²) in [6.45, 7) is 0.871. The number of thioether (sulfide) groups is 1. The van der Waals surface area contributed by atoms with Gasteiger partial charge < -0.3 is 16.0 Å². The summed E-state index contributed by atoms with van der Waals surface area (Å²) in [5.74, 6) is 1.24. The van der Waals surface area contributed by atoms with E-state index in [1.165, 1.54) is 25.0 Å². The van der Waals surface area contributed by atoms with Gasteiger partial charge in [0.1, 0.15) is 0 Å². The van der Waals surface area contributed by atoms with Crippen LogP contribution in [0.5, 0.6) is 0 Å². The second-order valence-electron chi connectivity index (χ2n) is 5.34. The van der Waals surface area contributed by atoms with Crippen LogP contribution in [0.4, 0.5) is 11.4 Å². The van der Waals surface area contributed by atoms with Crippen molar-refractivity contribution in [2.24, 2.45) is 0 Å². The van der Waals surface area contributed by atoms with Gasteiger partial charge in [0.05, 0.1) is 5.56 Å². The Morgan fingerprint density at radius 3 is 2.62 bits per heavy atom. The maximum Gasteiger partial charge on any atom is 0.255 e. The van der Waals surface area contributed by atoms with Gasteiger partial charge in [-0.1, -0.05) is 12.8 Å². The Morgan fingerprint density at radius 1 is 1.24 bits per heavy atom. The lowest BCUT2D eigenvalue weighted by molar-refractivity contribution is 0.0828. The fraction of sp³-hybridized carbons (Fsp3) is 0.562. The molecule has 0 saturated carbocycles. The molecule has 118 valence electrons. The van der Waals surface area contributed by atoms with Crippen molar-refractivity contribution in [3.63, 3.8) is 0 Å². The quantitative estimate of drug-likeness (QED) is 0.543. The molecule has 0 aliphatic rings. The highest BCUT2D eigenvalue weighted by Crippen LogP contribution is 2.20. The summed E-state index contributed by atoms with van der Waals surface area (Å²) in [5, 5.41) is 3.35. The predicted octanol–water partition coefficient (Wildman–Crippen LogP) is 3.31. The number of carbonyl (C=O) groups is 1. The van der Waals surface area contributed by atoms with E-state index in [0.29, 0.717) is 11.3 Å². The summed E-state index contributed by atoms with van der Waals surface area (Å²) in [6.07, 6.45) is 7.02. The van der Waals surface area contributed by atoms with E-state index in [1.54, 1.807) is 31.1 Å². The van der Waals surface area contributed by atoms with Gasteiger partial charge in [-0.3, -0.25) is 4.79 Å². The molecule has 1 rings (SSSR count). The number of unbranched alkanes of at least 4 members (excludes halogenated alkanes) is 3. The molecule has 0 atom stereocenters. The molecule has 1 amide bonds. The van der Waals surface area contributed by atoms with Crippen LogP contribution in [0.1, 0.15) is 36.0 Å². The van der Waals surface area contributed by atoms with E-state index in [4.69, 9.17) is 5.73 Å². The van der Waals surface area contributed by atoms with Crippen LogP contribution in [0.15, 0.2) is 18.2 Å². The zero-order valence-electron chi connectivity index (χ0n) is 13.3. The van der Waals surface area contributed by atoms with Crippen molar-refractivity contribution in [1.82, 2.24) is 4.90 Å². The zero-order chi connectivity index (χ0) is 15.7. The standard InChI is InChI=1S/C16H27N3OS/c1-19(2)16(20)14-9-8-13(17)12-15(14)18-10-6-4-5-7-11-21-3/h8-9,12,18H,4-7,10-11,17H2,1-3H3. The molecule has 0 heterocycles. The Balaban J connectivity index is 2.50. The minimum Gasteiger partial charge on any atom is -0.399 e. The van der Waals surface area contributed by atoms with Crippen molar-refractivity contribution in [3.05, 3.63) is 23.8 Å². The van der Waals surface area contributed by atoms with Crippen LogP contribution >= 0.6 is 11.8 Å². The third-order valence-electron chi connectivity index (χ3n) is 3.27. The molecular weight excluding hydrogens is 282 g/mol. The third kappa shape index (κ3) is 6.29. The summed E-state index contributed by atoms with van der Waals surface area (Å²) in [7, 11) is 3.52. The van der Waals surface area contributed by atoms with Crippen LogP contribution < -0.4 is 11.1 Å². The number of nitrogens with zero attached hydrogens (tertiary/aromatic N) is 1. The largest absolute Gasteiger partial charge is 0.399 e. The first-order valence-corrected chi connectivity index (χ1v) is 8.79. The molecule has 0 aliphatic heterocycles. The number of hydrogen-bond donors (Lipinski definition) is 2. The molecule has 0 saturated heterocycles. The van der Waals surface area contributed by atoms with Gasteiger partial charge >= 0.3 is 0 Å². The number of nitrogens with two attached hydrogens (primary N) is 1. The molecular formula is C16H27N3OS. The minimum absolute atomic E-state index is 0.00234. The highest BCUT2D eigenvalue weighted by molar-refractivity contribution is 7.98. The first kappa shape index (κ1) is 17.7. The topological polar surface area (TPSA) is 58.4 Å². The Bertz CT molecular complexity index is 449. The van der Waals surface area contributed by atoms with Crippen LogP contribution in [0.3, 0.4) is 0 Å². The summed E-state index contributed by atoms with van der Waals surface area (Å²) in [4.78, 5) is 13.7. The number of carbonyl (C=O) groups excluding carboxylic acids is 1. The van der Waals surface area contributed by atoms with Gasteiger partial charge in [-0.15, -0.1) is 0 Å². The lowest BCUT2D eigenvalue weighted by Crippen LogP contribution is -2.23. The van der Waals surface area contributed by atoms with Crippen molar-refractivity contribution in [3.8, 4) is 0 Å². The molecule has 0 unspecified atom stereocenters.